The maximum absolute atomic E-state index is 4.79. The molecule has 1 fully saturated rings. The predicted molar refractivity (Wildman–Crippen MR) is 96.1 cm³/mol. The summed E-state index contributed by atoms with van der Waals surface area (Å²) in [6.45, 7) is 5.79. The Kier molecular flexibility index (Phi) is 5.46. The molecule has 0 aromatic carbocycles. The molecule has 1 N–H and O–H groups in total. The molecular formula is C18H26N6. The molecule has 6 nitrogen and oxygen atoms in total. The summed E-state index contributed by atoms with van der Waals surface area (Å²) in [7, 11) is 1.97. The van der Waals surface area contributed by atoms with Crippen molar-refractivity contribution in [3.8, 4) is 0 Å². The number of aromatic nitrogens is 3. The molecule has 2 aromatic rings. The fourth-order valence-corrected chi connectivity index (χ4v) is 3.12. The van der Waals surface area contributed by atoms with Crippen molar-refractivity contribution < 1.29 is 0 Å². The zero-order valence-electron chi connectivity index (χ0n) is 14.5. The monoisotopic (exact) mass is 326 g/mol. The summed E-state index contributed by atoms with van der Waals surface area (Å²) in [6, 6.07) is 6.02. The van der Waals surface area contributed by atoms with Gasteiger partial charge in [0.25, 0.3) is 0 Å². The lowest BCUT2D eigenvalue weighted by atomic mass is 10.0. The van der Waals surface area contributed by atoms with Crippen LogP contribution >= 0.6 is 0 Å². The highest BCUT2D eigenvalue weighted by atomic mass is 15.3. The van der Waals surface area contributed by atoms with Gasteiger partial charge in [0.05, 0.1) is 6.20 Å². The molecule has 1 atom stereocenters. The minimum absolute atomic E-state index is 0.540. The molecule has 2 aromatic heterocycles. The summed E-state index contributed by atoms with van der Waals surface area (Å²) >= 11 is 0. The van der Waals surface area contributed by atoms with Gasteiger partial charge >= 0.3 is 0 Å². The van der Waals surface area contributed by atoms with Crippen molar-refractivity contribution in [2.45, 2.75) is 25.7 Å². The normalized spacial score (nSPS) is 18.2. The lowest BCUT2D eigenvalue weighted by molar-refractivity contribution is 0.486. The molecule has 0 radical (unpaired) electrons. The fraction of sp³-hybridized carbons (Fsp3) is 0.500. The van der Waals surface area contributed by atoms with Crippen molar-refractivity contribution in [3.05, 3.63) is 48.0 Å². The van der Waals surface area contributed by atoms with Crippen LogP contribution in [0.25, 0.3) is 0 Å². The van der Waals surface area contributed by atoms with Crippen LogP contribution in [0, 0.1) is 0 Å². The first-order valence-corrected chi connectivity index (χ1v) is 8.68. The third-order valence-electron chi connectivity index (χ3n) is 4.37. The second-order valence-corrected chi connectivity index (χ2v) is 6.19. The fourth-order valence-electron chi connectivity index (χ4n) is 3.12. The molecule has 1 aliphatic rings. The first kappa shape index (κ1) is 16.5. The number of hydrogen-bond donors (Lipinski definition) is 1. The van der Waals surface area contributed by atoms with Crippen molar-refractivity contribution >= 4 is 5.96 Å². The Morgan fingerprint density at radius 1 is 1.42 bits per heavy atom. The third kappa shape index (κ3) is 4.13. The first-order chi connectivity index (χ1) is 11.8. The lowest BCUT2D eigenvalue weighted by Gasteiger charge is -2.21. The quantitative estimate of drug-likeness (QED) is 0.672. The average Bonchev–Trinajstić information content (AvgIpc) is 3.24. The van der Waals surface area contributed by atoms with E-state index in [1.165, 1.54) is 5.56 Å². The Hall–Kier alpha value is -2.37. The van der Waals surface area contributed by atoms with Gasteiger partial charge < -0.3 is 10.2 Å². The van der Waals surface area contributed by atoms with Gasteiger partial charge in [0.1, 0.15) is 0 Å². The van der Waals surface area contributed by atoms with E-state index in [0.29, 0.717) is 5.92 Å². The van der Waals surface area contributed by atoms with E-state index in [2.05, 4.69) is 39.5 Å². The molecule has 128 valence electrons. The van der Waals surface area contributed by atoms with Crippen LogP contribution in [0.5, 0.6) is 0 Å². The Bertz CT molecular complexity index is 663. The minimum atomic E-state index is 0.540. The maximum Gasteiger partial charge on any atom is 0.193 e. The third-order valence-corrected chi connectivity index (χ3v) is 4.37. The van der Waals surface area contributed by atoms with E-state index in [4.69, 9.17) is 4.99 Å². The number of rotatable bonds is 5. The van der Waals surface area contributed by atoms with Crippen molar-refractivity contribution in [2.75, 3.05) is 26.2 Å². The molecule has 24 heavy (non-hydrogen) atoms. The first-order valence-electron chi connectivity index (χ1n) is 8.68. The Labute approximate surface area is 143 Å². The van der Waals surface area contributed by atoms with Crippen molar-refractivity contribution in [2.24, 2.45) is 12.0 Å². The smallest absolute Gasteiger partial charge is 0.193 e. The van der Waals surface area contributed by atoms with E-state index in [1.54, 1.807) is 0 Å². The van der Waals surface area contributed by atoms with Gasteiger partial charge in [-0.1, -0.05) is 6.07 Å². The number of aryl methyl sites for hydroxylation is 1. The van der Waals surface area contributed by atoms with Crippen molar-refractivity contribution in [3.63, 3.8) is 0 Å². The van der Waals surface area contributed by atoms with Crippen molar-refractivity contribution in [1.82, 2.24) is 25.0 Å². The SMILES string of the molecule is CCNC(=NCCc1ccccn1)N1CCC(c2cnn(C)c2)C1. The van der Waals surface area contributed by atoms with Crippen LogP contribution in [0.3, 0.4) is 0 Å². The number of likely N-dealkylation sites (tertiary alicyclic amines) is 1. The van der Waals surface area contributed by atoms with Gasteiger partial charge in [-0.05, 0) is 31.0 Å². The molecule has 0 amide bonds. The highest BCUT2D eigenvalue weighted by Crippen LogP contribution is 2.26. The average molecular weight is 326 g/mol. The highest BCUT2D eigenvalue weighted by molar-refractivity contribution is 5.80. The van der Waals surface area contributed by atoms with Gasteiger partial charge in [0, 0.05) is 63.7 Å². The number of pyridine rings is 1. The van der Waals surface area contributed by atoms with Gasteiger partial charge in [-0.25, -0.2) is 0 Å². The molecule has 1 saturated heterocycles. The topological polar surface area (TPSA) is 58.3 Å². The standard InChI is InChI=1S/C18H26N6/c1-3-19-18(21-10-7-17-6-4-5-9-20-17)24-11-8-15(14-24)16-12-22-23(2)13-16/h4-6,9,12-13,15H,3,7-8,10-11,14H2,1-2H3,(H,19,21). The van der Waals surface area contributed by atoms with Crippen LogP contribution in [-0.2, 0) is 13.5 Å². The van der Waals surface area contributed by atoms with Gasteiger partial charge in [-0.15, -0.1) is 0 Å². The molecule has 0 bridgehead atoms. The van der Waals surface area contributed by atoms with E-state index < -0.39 is 0 Å². The van der Waals surface area contributed by atoms with Gasteiger partial charge in [0.15, 0.2) is 5.96 Å². The van der Waals surface area contributed by atoms with E-state index in [1.807, 2.05) is 36.3 Å². The van der Waals surface area contributed by atoms with Crippen LogP contribution in [0.4, 0.5) is 0 Å². The Morgan fingerprint density at radius 2 is 2.33 bits per heavy atom. The van der Waals surface area contributed by atoms with Crippen LogP contribution in [-0.4, -0.2) is 51.8 Å². The Morgan fingerprint density at radius 3 is 3.04 bits per heavy atom. The number of guanidine groups is 1. The molecule has 1 unspecified atom stereocenters. The van der Waals surface area contributed by atoms with Crippen LogP contribution in [0.2, 0.25) is 0 Å². The molecule has 0 aliphatic carbocycles. The number of nitrogens with one attached hydrogen (secondary N) is 1. The number of nitrogens with zero attached hydrogens (tertiary/aromatic N) is 5. The summed E-state index contributed by atoms with van der Waals surface area (Å²) in [6.07, 6.45) is 7.97. The van der Waals surface area contributed by atoms with Gasteiger partial charge in [0.2, 0.25) is 0 Å². The maximum atomic E-state index is 4.79. The van der Waals surface area contributed by atoms with Gasteiger partial charge in [-0.2, -0.15) is 5.10 Å². The Balaban J connectivity index is 1.59. The number of aliphatic imine (C=N–C) groups is 1. The second kappa shape index (κ2) is 7.95. The largest absolute Gasteiger partial charge is 0.357 e. The molecule has 0 spiro atoms. The predicted octanol–water partition coefficient (Wildman–Crippen LogP) is 1.81. The highest BCUT2D eigenvalue weighted by Gasteiger charge is 2.26. The second-order valence-electron chi connectivity index (χ2n) is 6.19. The summed E-state index contributed by atoms with van der Waals surface area (Å²) in [4.78, 5) is 11.5. The zero-order valence-corrected chi connectivity index (χ0v) is 14.5. The van der Waals surface area contributed by atoms with E-state index in [0.717, 1.165) is 50.7 Å². The summed E-state index contributed by atoms with van der Waals surface area (Å²) < 4.78 is 1.88. The van der Waals surface area contributed by atoms with Crippen molar-refractivity contribution in [1.29, 1.82) is 0 Å². The molecule has 1 aliphatic heterocycles. The van der Waals surface area contributed by atoms with Crippen LogP contribution in [0.15, 0.2) is 41.8 Å². The van der Waals surface area contributed by atoms with Crippen LogP contribution in [0.1, 0.15) is 30.5 Å². The molecular weight excluding hydrogens is 300 g/mol. The van der Waals surface area contributed by atoms with E-state index >= 15 is 0 Å². The van der Waals surface area contributed by atoms with Crippen LogP contribution < -0.4 is 5.32 Å². The summed E-state index contributed by atoms with van der Waals surface area (Å²) in [5.74, 6) is 1.55. The minimum Gasteiger partial charge on any atom is -0.357 e. The van der Waals surface area contributed by atoms with E-state index in [9.17, 15) is 0 Å². The molecule has 6 heteroatoms. The molecule has 0 saturated carbocycles. The summed E-state index contributed by atoms with van der Waals surface area (Å²) in [5, 5.41) is 7.72. The zero-order chi connectivity index (χ0) is 16.8. The van der Waals surface area contributed by atoms with Gasteiger partial charge in [-0.3, -0.25) is 14.7 Å². The molecule has 3 rings (SSSR count). The molecule has 3 heterocycles. The summed E-state index contributed by atoms with van der Waals surface area (Å²) in [5.41, 5.74) is 2.41. The number of hydrogen-bond acceptors (Lipinski definition) is 3. The van der Waals surface area contributed by atoms with E-state index in [-0.39, 0.29) is 0 Å². The lowest BCUT2D eigenvalue weighted by Crippen LogP contribution is -2.40.